The molecule has 0 saturated carbocycles. The van der Waals surface area contributed by atoms with Crippen molar-refractivity contribution in [3.8, 4) is 0 Å². The van der Waals surface area contributed by atoms with Gasteiger partial charge in [0.1, 0.15) is 6.54 Å². The van der Waals surface area contributed by atoms with Gasteiger partial charge in [-0.1, -0.05) is 12.1 Å². The van der Waals surface area contributed by atoms with E-state index in [1.165, 1.54) is 0 Å². The summed E-state index contributed by atoms with van der Waals surface area (Å²) in [5.41, 5.74) is 1.41. The smallest absolute Gasteiger partial charge is 0.239 e. The molecule has 0 unspecified atom stereocenters. The van der Waals surface area contributed by atoms with Crippen molar-refractivity contribution in [2.75, 3.05) is 7.05 Å². The van der Waals surface area contributed by atoms with Gasteiger partial charge in [0.15, 0.2) is 6.29 Å². The lowest BCUT2D eigenvalue weighted by molar-refractivity contribution is -0.121. The first-order valence-electron chi connectivity index (χ1n) is 5.00. The molecule has 1 amide bonds. The molecule has 1 N–H and O–H groups in total. The maximum absolute atomic E-state index is 11.3. The zero-order valence-electron chi connectivity index (χ0n) is 8.93. The van der Waals surface area contributed by atoms with Gasteiger partial charge in [-0.25, -0.2) is 0 Å². The van der Waals surface area contributed by atoms with Crippen LogP contribution in [0.5, 0.6) is 0 Å². The molecule has 1 aromatic carbocycles. The fourth-order valence-electron chi connectivity index (χ4n) is 1.75. The quantitative estimate of drug-likeness (QED) is 0.784. The van der Waals surface area contributed by atoms with Crippen molar-refractivity contribution in [3.63, 3.8) is 0 Å². The summed E-state index contributed by atoms with van der Waals surface area (Å²) in [5.74, 6) is -0.0850. The highest BCUT2D eigenvalue weighted by atomic mass is 16.1. The number of aromatic nitrogens is 1. The molecule has 2 aromatic rings. The molecule has 0 fully saturated rings. The molecule has 0 bridgehead atoms. The van der Waals surface area contributed by atoms with Crippen LogP contribution in [0, 0.1) is 0 Å². The average Bonchev–Trinajstić information content (AvgIpc) is 2.72. The molecule has 4 nitrogen and oxygen atoms in total. The van der Waals surface area contributed by atoms with Crippen molar-refractivity contribution in [1.29, 1.82) is 0 Å². The highest BCUT2D eigenvalue weighted by molar-refractivity contribution is 5.97. The van der Waals surface area contributed by atoms with Crippen LogP contribution < -0.4 is 5.32 Å². The van der Waals surface area contributed by atoms with E-state index in [9.17, 15) is 9.59 Å². The topological polar surface area (TPSA) is 51.1 Å². The summed E-state index contributed by atoms with van der Waals surface area (Å²) in [5, 5.41) is 3.52. The number of aldehydes is 1. The highest BCUT2D eigenvalue weighted by Gasteiger charge is 2.07. The average molecular weight is 216 g/mol. The van der Waals surface area contributed by atoms with Crippen LogP contribution >= 0.6 is 0 Å². The summed E-state index contributed by atoms with van der Waals surface area (Å²) < 4.78 is 1.78. The number of carbonyl (C=O) groups excluding carboxylic acids is 2. The lowest BCUT2D eigenvalue weighted by Crippen LogP contribution is -2.23. The fraction of sp³-hybridized carbons (Fsp3) is 0.167. The van der Waals surface area contributed by atoms with Gasteiger partial charge in [0, 0.05) is 24.2 Å². The maximum Gasteiger partial charge on any atom is 0.239 e. The second-order valence-electron chi connectivity index (χ2n) is 3.52. The monoisotopic (exact) mass is 216 g/mol. The standard InChI is InChI=1S/C12H12N2O2/c1-13-11(16)7-14-6-5-9-3-2-4-10(8-15)12(9)14/h2-6,8H,7H2,1H3,(H,13,16). The van der Waals surface area contributed by atoms with E-state index >= 15 is 0 Å². The molecule has 82 valence electrons. The lowest BCUT2D eigenvalue weighted by Gasteiger charge is -2.05. The minimum Gasteiger partial charge on any atom is -0.358 e. The molecule has 1 heterocycles. The molecule has 0 aliphatic carbocycles. The number of benzene rings is 1. The van der Waals surface area contributed by atoms with E-state index < -0.39 is 0 Å². The summed E-state index contributed by atoms with van der Waals surface area (Å²) in [7, 11) is 1.59. The largest absolute Gasteiger partial charge is 0.358 e. The van der Waals surface area contributed by atoms with Crippen LogP contribution in [0.1, 0.15) is 10.4 Å². The molecule has 0 spiro atoms. The van der Waals surface area contributed by atoms with E-state index in [0.29, 0.717) is 5.56 Å². The molecular weight excluding hydrogens is 204 g/mol. The normalized spacial score (nSPS) is 10.3. The second-order valence-corrected chi connectivity index (χ2v) is 3.52. The number of rotatable bonds is 3. The van der Waals surface area contributed by atoms with E-state index in [1.807, 2.05) is 24.4 Å². The minimum absolute atomic E-state index is 0.0850. The Labute approximate surface area is 92.9 Å². The van der Waals surface area contributed by atoms with Crippen LogP contribution in [0.25, 0.3) is 10.9 Å². The number of carbonyl (C=O) groups is 2. The Hall–Kier alpha value is -2.10. The van der Waals surface area contributed by atoms with Gasteiger partial charge in [-0.3, -0.25) is 9.59 Å². The van der Waals surface area contributed by atoms with Crippen molar-refractivity contribution < 1.29 is 9.59 Å². The Kier molecular flexibility index (Phi) is 2.72. The van der Waals surface area contributed by atoms with E-state index in [0.717, 1.165) is 17.2 Å². The van der Waals surface area contributed by atoms with Gasteiger partial charge in [0.05, 0.1) is 5.52 Å². The zero-order chi connectivity index (χ0) is 11.5. The first-order chi connectivity index (χ1) is 7.76. The van der Waals surface area contributed by atoms with E-state index in [2.05, 4.69) is 5.32 Å². The summed E-state index contributed by atoms with van der Waals surface area (Å²) in [6, 6.07) is 7.39. The van der Waals surface area contributed by atoms with Crippen molar-refractivity contribution in [2.24, 2.45) is 0 Å². The molecule has 1 aromatic heterocycles. The number of likely N-dealkylation sites (N-methyl/N-ethyl adjacent to an activating group) is 1. The van der Waals surface area contributed by atoms with E-state index in [1.54, 1.807) is 17.7 Å². The molecule has 16 heavy (non-hydrogen) atoms. The predicted molar refractivity (Wildman–Crippen MR) is 61.4 cm³/mol. The molecule has 0 aliphatic heterocycles. The summed E-state index contributed by atoms with van der Waals surface area (Å²) >= 11 is 0. The van der Waals surface area contributed by atoms with Gasteiger partial charge in [-0.05, 0) is 12.1 Å². The van der Waals surface area contributed by atoms with Crippen LogP contribution in [0.3, 0.4) is 0 Å². The number of hydrogen-bond acceptors (Lipinski definition) is 2. The summed E-state index contributed by atoms with van der Waals surface area (Å²) in [6.07, 6.45) is 2.62. The van der Waals surface area contributed by atoms with Crippen molar-refractivity contribution in [3.05, 3.63) is 36.0 Å². The first-order valence-corrected chi connectivity index (χ1v) is 5.00. The Morgan fingerprint density at radius 3 is 2.94 bits per heavy atom. The second kappa shape index (κ2) is 4.18. The molecular formula is C12H12N2O2. The van der Waals surface area contributed by atoms with E-state index in [4.69, 9.17) is 0 Å². The molecule has 0 saturated heterocycles. The first kappa shape index (κ1) is 10.4. The Bertz CT molecular complexity index is 543. The number of para-hydroxylation sites is 1. The van der Waals surface area contributed by atoms with Gasteiger partial charge in [0.25, 0.3) is 0 Å². The Balaban J connectivity index is 2.53. The highest BCUT2D eigenvalue weighted by Crippen LogP contribution is 2.18. The number of fused-ring (bicyclic) bond motifs is 1. The third-order valence-corrected chi connectivity index (χ3v) is 2.54. The third kappa shape index (κ3) is 1.69. The summed E-state index contributed by atoms with van der Waals surface area (Å²) in [4.78, 5) is 22.2. The van der Waals surface area contributed by atoms with Gasteiger partial charge in [-0.2, -0.15) is 0 Å². The third-order valence-electron chi connectivity index (χ3n) is 2.54. The Morgan fingerprint density at radius 2 is 2.25 bits per heavy atom. The zero-order valence-corrected chi connectivity index (χ0v) is 8.93. The number of nitrogens with zero attached hydrogens (tertiary/aromatic N) is 1. The van der Waals surface area contributed by atoms with Crippen LogP contribution in [0.15, 0.2) is 30.5 Å². The maximum atomic E-state index is 11.3. The Morgan fingerprint density at radius 1 is 1.44 bits per heavy atom. The number of hydrogen-bond donors (Lipinski definition) is 1. The molecule has 0 aliphatic rings. The van der Waals surface area contributed by atoms with E-state index in [-0.39, 0.29) is 12.5 Å². The summed E-state index contributed by atoms with van der Waals surface area (Å²) in [6.45, 7) is 0.227. The lowest BCUT2D eigenvalue weighted by atomic mass is 10.1. The SMILES string of the molecule is CNC(=O)Cn1ccc2cccc(C=O)c21. The van der Waals surface area contributed by atoms with Crippen molar-refractivity contribution in [2.45, 2.75) is 6.54 Å². The fourth-order valence-corrected chi connectivity index (χ4v) is 1.75. The molecule has 0 atom stereocenters. The molecule has 0 radical (unpaired) electrons. The van der Waals surface area contributed by atoms with Gasteiger partial charge in [0.2, 0.25) is 5.91 Å². The number of amides is 1. The van der Waals surface area contributed by atoms with Crippen LogP contribution in [-0.2, 0) is 11.3 Å². The molecule has 2 rings (SSSR count). The predicted octanol–water partition coefficient (Wildman–Crippen LogP) is 1.20. The molecule has 4 heteroatoms. The van der Waals surface area contributed by atoms with Gasteiger partial charge < -0.3 is 9.88 Å². The van der Waals surface area contributed by atoms with Crippen molar-refractivity contribution >= 4 is 23.1 Å². The van der Waals surface area contributed by atoms with Crippen LogP contribution in [0.2, 0.25) is 0 Å². The number of nitrogens with one attached hydrogen (secondary N) is 1. The van der Waals surface area contributed by atoms with Crippen LogP contribution in [-0.4, -0.2) is 23.8 Å². The van der Waals surface area contributed by atoms with Gasteiger partial charge >= 0.3 is 0 Å². The van der Waals surface area contributed by atoms with Crippen molar-refractivity contribution in [1.82, 2.24) is 9.88 Å². The minimum atomic E-state index is -0.0850. The van der Waals surface area contributed by atoms with Crippen LogP contribution in [0.4, 0.5) is 0 Å². The van der Waals surface area contributed by atoms with Gasteiger partial charge in [-0.15, -0.1) is 0 Å².